The van der Waals surface area contributed by atoms with Crippen LogP contribution in [0.25, 0.3) is 0 Å². The average Bonchev–Trinajstić information content (AvgIpc) is 2.36. The molecular weight excluding hydrogens is 452 g/mol. The van der Waals surface area contributed by atoms with Crippen LogP contribution < -0.4 is 11.1 Å². The molecule has 3 N–H and O–H groups in total. The van der Waals surface area contributed by atoms with E-state index in [0.29, 0.717) is 16.9 Å². The van der Waals surface area contributed by atoms with E-state index in [9.17, 15) is 4.79 Å². The summed E-state index contributed by atoms with van der Waals surface area (Å²) in [4.78, 5) is 12.4. The number of carbonyl (C=O) groups excluding carboxylic acids is 1. The molecule has 0 heterocycles. The van der Waals surface area contributed by atoms with E-state index in [1.54, 1.807) is 12.1 Å². The number of nitrogens with one attached hydrogen (secondary N) is 1. The molecule has 0 radical (unpaired) electrons. The number of rotatable bonds is 2. The van der Waals surface area contributed by atoms with E-state index in [1.165, 1.54) is 0 Å². The van der Waals surface area contributed by atoms with Gasteiger partial charge in [0.05, 0.1) is 11.4 Å². The van der Waals surface area contributed by atoms with Gasteiger partial charge in [0.2, 0.25) is 0 Å². The third-order valence-corrected chi connectivity index (χ3v) is 4.34. The summed E-state index contributed by atoms with van der Waals surface area (Å²) in [6.45, 7) is 1.89. The number of anilines is 2. The van der Waals surface area contributed by atoms with E-state index in [0.717, 1.165) is 19.0 Å². The highest BCUT2D eigenvalue weighted by Gasteiger charge is 2.14. The molecule has 0 unspecified atom stereocenters. The molecule has 0 aliphatic heterocycles. The lowest BCUT2D eigenvalue weighted by Crippen LogP contribution is -2.15. The molecule has 0 aliphatic rings. The highest BCUT2D eigenvalue weighted by Crippen LogP contribution is 2.33. The second-order valence-corrected chi connectivity index (χ2v) is 6.95. The van der Waals surface area contributed by atoms with Crippen LogP contribution >= 0.6 is 47.8 Å². The molecule has 0 aliphatic carbocycles. The molecule has 6 heteroatoms. The molecule has 2 rings (SSSR count). The van der Waals surface area contributed by atoms with Crippen molar-refractivity contribution in [2.75, 3.05) is 11.1 Å². The zero-order valence-corrected chi connectivity index (χ0v) is 15.3. The van der Waals surface area contributed by atoms with Gasteiger partial charge in [-0.15, -0.1) is 0 Å². The predicted octanol–water partition coefficient (Wildman–Crippen LogP) is 5.12. The maximum Gasteiger partial charge on any atom is 0.256 e. The van der Waals surface area contributed by atoms with Gasteiger partial charge in [0.25, 0.3) is 5.91 Å². The Morgan fingerprint density at radius 2 is 1.80 bits per heavy atom. The Morgan fingerprint density at radius 1 is 1.10 bits per heavy atom. The highest BCUT2D eigenvalue weighted by molar-refractivity contribution is 9.11. The van der Waals surface area contributed by atoms with Crippen LogP contribution in [-0.2, 0) is 0 Å². The van der Waals surface area contributed by atoms with Crippen molar-refractivity contribution in [3.8, 4) is 0 Å². The van der Waals surface area contributed by atoms with Crippen molar-refractivity contribution in [3.05, 3.63) is 54.9 Å². The number of hydrogen-bond donors (Lipinski definition) is 2. The van der Waals surface area contributed by atoms with Crippen LogP contribution in [0, 0.1) is 6.92 Å². The maximum absolute atomic E-state index is 12.4. The number of halogens is 3. The van der Waals surface area contributed by atoms with Crippen LogP contribution in [0.2, 0.25) is 0 Å². The van der Waals surface area contributed by atoms with Crippen LogP contribution in [0.3, 0.4) is 0 Å². The average molecular weight is 463 g/mol. The minimum Gasteiger partial charge on any atom is -0.397 e. The second-order valence-electron chi connectivity index (χ2n) is 4.27. The van der Waals surface area contributed by atoms with Crippen molar-refractivity contribution in [1.82, 2.24) is 0 Å². The van der Waals surface area contributed by atoms with Gasteiger partial charge in [-0.3, -0.25) is 4.79 Å². The Morgan fingerprint density at radius 3 is 2.45 bits per heavy atom. The summed E-state index contributed by atoms with van der Waals surface area (Å²) in [6.07, 6.45) is 0. The van der Waals surface area contributed by atoms with Crippen LogP contribution in [0.15, 0.2) is 43.7 Å². The smallest absolute Gasteiger partial charge is 0.256 e. The Bertz CT molecular complexity index is 663. The normalized spacial score (nSPS) is 10.4. The van der Waals surface area contributed by atoms with Crippen LogP contribution in [0.4, 0.5) is 11.4 Å². The summed E-state index contributed by atoms with van der Waals surface area (Å²) in [5, 5.41) is 2.84. The fourth-order valence-corrected chi connectivity index (χ4v) is 3.46. The van der Waals surface area contributed by atoms with Crippen molar-refractivity contribution in [1.29, 1.82) is 0 Å². The number of aryl methyl sites for hydroxylation is 1. The SMILES string of the molecule is Cc1ccc(Br)cc1C(=O)Nc1c(N)cc(Br)cc1Br. The maximum atomic E-state index is 12.4. The molecule has 0 bridgehead atoms. The molecule has 1 amide bonds. The first kappa shape index (κ1) is 15.5. The molecule has 0 aromatic heterocycles. The lowest BCUT2D eigenvalue weighted by atomic mass is 10.1. The molecule has 20 heavy (non-hydrogen) atoms. The second kappa shape index (κ2) is 6.28. The van der Waals surface area contributed by atoms with Crippen molar-refractivity contribution < 1.29 is 4.79 Å². The Balaban J connectivity index is 2.35. The first-order valence-electron chi connectivity index (χ1n) is 5.70. The predicted molar refractivity (Wildman–Crippen MR) is 93.1 cm³/mol. The lowest BCUT2D eigenvalue weighted by Gasteiger charge is -2.12. The first-order valence-corrected chi connectivity index (χ1v) is 8.08. The summed E-state index contributed by atoms with van der Waals surface area (Å²) < 4.78 is 2.43. The summed E-state index contributed by atoms with van der Waals surface area (Å²) >= 11 is 10.1. The van der Waals surface area contributed by atoms with Crippen LogP contribution in [0.1, 0.15) is 15.9 Å². The number of benzene rings is 2. The fourth-order valence-electron chi connectivity index (χ4n) is 1.75. The molecule has 2 aromatic rings. The van der Waals surface area contributed by atoms with Crippen LogP contribution in [0.5, 0.6) is 0 Å². The summed E-state index contributed by atoms with van der Waals surface area (Å²) in [7, 11) is 0. The van der Waals surface area contributed by atoms with Crippen molar-refractivity contribution in [2.24, 2.45) is 0 Å². The number of hydrogen-bond acceptors (Lipinski definition) is 2. The molecule has 0 atom stereocenters. The van der Waals surface area contributed by atoms with E-state index in [1.807, 2.05) is 25.1 Å². The third-order valence-electron chi connectivity index (χ3n) is 2.77. The zero-order chi connectivity index (χ0) is 14.9. The van der Waals surface area contributed by atoms with Gasteiger partial charge in [-0.2, -0.15) is 0 Å². The topological polar surface area (TPSA) is 55.1 Å². The van der Waals surface area contributed by atoms with Gasteiger partial charge < -0.3 is 11.1 Å². The monoisotopic (exact) mass is 460 g/mol. The largest absolute Gasteiger partial charge is 0.397 e. The summed E-state index contributed by atoms with van der Waals surface area (Å²) in [5.41, 5.74) is 8.50. The Hall–Kier alpha value is -0.850. The van der Waals surface area contributed by atoms with Gasteiger partial charge in [-0.25, -0.2) is 0 Å². The van der Waals surface area contributed by atoms with Gasteiger partial charge in [0.15, 0.2) is 0 Å². The van der Waals surface area contributed by atoms with Gasteiger partial charge in [-0.1, -0.05) is 37.9 Å². The van der Waals surface area contributed by atoms with Crippen molar-refractivity contribution in [3.63, 3.8) is 0 Å². The quantitative estimate of drug-likeness (QED) is 0.609. The number of nitrogens with two attached hydrogens (primary N) is 1. The number of nitrogen functional groups attached to an aromatic ring is 1. The molecule has 0 spiro atoms. The highest BCUT2D eigenvalue weighted by atomic mass is 79.9. The Kier molecular flexibility index (Phi) is 4.88. The molecule has 2 aromatic carbocycles. The fraction of sp³-hybridized carbons (Fsp3) is 0.0714. The van der Waals surface area contributed by atoms with E-state index in [-0.39, 0.29) is 5.91 Å². The van der Waals surface area contributed by atoms with Crippen molar-refractivity contribution in [2.45, 2.75) is 6.92 Å². The molecule has 3 nitrogen and oxygen atoms in total. The minimum atomic E-state index is -0.196. The first-order chi connectivity index (χ1) is 9.38. The van der Waals surface area contributed by atoms with E-state index in [2.05, 4.69) is 53.1 Å². The van der Waals surface area contributed by atoms with E-state index in [4.69, 9.17) is 5.73 Å². The molecular formula is C14H11Br3N2O. The molecule has 0 fully saturated rings. The zero-order valence-electron chi connectivity index (χ0n) is 10.5. The molecule has 0 saturated heterocycles. The van der Waals surface area contributed by atoms with E-state index >= 15 is 0 Å². The Labute approximate surface area is 142 Å². The van der Waals surface area contributed by atoms with Gasteiger partial charge >= 0.3 is 0 Å². The lowest BCUT2D eigenvalue weighted by molar-refractivity contribution is 0.102. The van der Waals surface area contributed by atoms with Gasteiger partial charge in [0.1, 0.15) is 0 Å². The van der Waals surface area contributed by atoms with Crippen LogP contribution in [-0.4, -0.2) is 5.91 Å². The van der Waals surface area contributed by atoms with E-state index < -0.39 is 0 Å². The summed E-state index contributed by atoms with van der Waals surface area (Å²) in [5.74, 6) is -0.196. The number of carbonyl (C=O) groups is 1. The summed E-state index contributed by atoms with van der Waals surface area (Å²) in [6, 6.07) is 9.15. The van der Waals surface area contributed by atoms with Crippen molar-refractivity contribution >= 4 is 65.1 Å². The molecule has 0 saturated carbocycles. The molecule has 104 valence electrons. The van der Waals surface area contributed by atoms with Gasteiger partial charge in [0, 0.05) is 19.0 Å². The number of amides is 1. The standard InChI is InChI=1S/C14H11Br3N2O/c1-7-2-3-8(15)4-10(7)14(20)19-13-11(17)5-9(16)6-12(13)18/h2-6H,18H2,1H3,(H,19,20). The minimum absolute atomic E-state index is 0.196. The van der Waals surface area contributed by atoms with Gasteiger partial charge in [-0.05, 0) is 52.7 Å². The third kappa shape index (κ3) is 3.42.